The number of hydrogen-bond acceptors (Lipinski definition) is 5. The Balaban J connectivity index is 2.44. The molecule has 1 aromatic rings. The minimum atomic E-state index is -1.01. The number of hydrogen-bond donors (Lipinski definition) is 1. The lowest BCUT2D eigenvalue weighted by Gasteiger charge is -2.06. The number of carbonyl (C=O) groups excluding carboxylic acids is 1. The van der Waals surface area contributed by atoms with Crippen LogP contribution in [0.15, 0.2) is 36.4 Å². The molecule has 0 heterocycles. The molecule has 0 saturated carbocycles. The smallest absolute Gasteiger partial charge is 0.269 e. The number of non-ortho nitro benzene ring substituents is 1. The highest BCUT2D eigenvalue weighted by Gasteiger charge is 2.08. The predicted octanol–water partition coefficient (Wildman–Crippen LogP) is 2.86. The van der Waals surface area contributed by atoms with Crippen LogP contribution in [0.3, 0.4) is 0 Å². The van der Waals surface area contributed by atoms with Crippen LogP contribution in [-0.2, 0) is 4.74 Å². The van der Waals surface area contributed by atoms with Crippen LogP contribution in [-0.4, -0.2) is 28.7 Å². The molecule has 1 atom stereocenters. The molecule has 1 aromatic carbocycles. The van der Waals surface area contributed by atoms with Crippen LogP contribution in [0, 0.1) is 10.1 Å². The summed E-state index contributed by atoms with van der Waals surface area (Å²) in [7, 11) is 0. The van der Waals surface area contributed by atoms with Gasteiger partial charge in [0.15, 0.2) is 12.1 Å². The van der Waals surface area contributed by atoms with Crippen LogP contribution in [0.5, 0.6) is 0 Å². The standard InChI is InChI=1S/C15H19NO5/c1-2-3-11-21-15(18)6-4-5-14(17)12-7-9-13(10-8-12)16(19)20/h4,6-10,15,18H,2-3,5,11H2,1H3. The van der Waals surface area contributed by atoms with E-state index in [1.54, 1.807) is 0 Å². The number of unbranched alkanes of at least 4 members (excludes halogenated alkanes) is 1. The van der Waals surface area contributed by atoms with Gasteiger partial charge in [-0.1, -0.05) is 19.4 Å². The van der Waals surface area contributed by atoms with E-state index in [4.69, 9.17) is 4.74 Å². The van der Waals surface area contributed by atoms with Gasteiger partial charge in [0.25, 0.3) is 5.69 Å². The Morgan fingerprint density at radius 3 is 2.67 bits per heavy atom. The number of rotatable bonds is 9. The molecule has 1 N–H and O–H groups in total. The number of aliphatic hydroxyl groups excluding tert-OH is 1. The molecule has 1 rings (SSSR count). The number of nitro groups is 1. The molecular formula is C15H19NO5. The van der Waals surface area contributed by atoms with Crippen molar-refractivity contribution >= 4 is 11.5 Å². The highest BCUT2D eigenvalue weighted by Crippen LogP contribution is 2.13. The summed E-state index contributed by atoms with van der Waals surface area (Å²) >= 11 is 0. The number of ether oxygens (including phenoxy) is 1. The molecule has 6 nitrogen and oxygen atoms in total. The van der Waals surface area contributed by atoms with Crippen LogP contribution in [0.2, 0.25) is 0 Å². The third-order valence-electron chi connectivity index (χ3n) is 2.79. The van der Waals surface area contributed by atoms with Crippen LogP contribution >= 0.6 is 0 Å². The van der Waals surface area contributed by atoms with Gasteiger partial charge in [0.1, 0.15) is 0 Å². The van der Waals surface area contributed by atoms with E-state index in [9.17, 15) is 20.0 Å². The van der Waals surface area contributed by atoms with Gasteiger partial charge in [-0.2, -0.15) is 0 Å². The second kappa shape index (κ2) is 8.99. The fourth-order valence-electron chi connectivity index (χ4n) is 1.58. The zero-order valence-electron chi connectivity index (χ0n) is 11.9. The number of allylic oxidation sites excluding steroid dienone is 1. The van der Waals surface area contributed by atoms with E-state index in [-0.39, 0.29) is 17.9 Å². The lowest BCUT2D eigenvalue weighted by atomic mass is 10.1. The van der Waals surface area contributed by atoms with Crippen molar-refractivity contribution in [3.63, 3.8) is 0 Å². The summed E-state index contributed by atoms with van der Waals surface area (Å²) in [5.41, 5.74) is 0.341. The summed E-state index contributed by atoms with van der Waals surface area (Å²) in [6, 6.07) is 5.42. The zero-order valence-corrected chi connectivity index (χ0v) is 11.9. The van der Waals surface area contributed by atoms with Crippen molar-refractivity contribution in [1.29, 1.82) is 0 Å². The maximum absolute atomic E-state index is 11.8. The van der Waals surface area contributed by atoms with Crippen molar-refractivity contribution in [2.75, 3.05) is 6.61 Å². The normalized spacial score (nSPS) is 12.5. The number of carbonyl (C=O) groups is 1. The van der Waals surface area contributed by atoms with Gasteiger partial charge >= 0.3 is 0 Å². The highest BCUT2D eigenvalue weighted by atomic mass is 16.6. The molecule has 0 saturated heterocycles. The van der Waals surface area contributed by atoms with Crippen molar-refractivity contribution < 1.29 is 19.6 Å². The minimum Gasteiger partial charge on any atom is -0.365 e. The Kier molecular flexibility index (Phi) is 7.28. The van der Waals surface area contributed by atoms with Crippen molar-refractivity contribution in [2.24, 2.45) is 0 Å². The van der Waals surface area contributed by atoms with Crippen molar-refractivity contribution in [3.05, 3.63) is 52.1 Å². The maximum Gasteiger partial charge on any atom is 0.269 e. The molecule has 0 radical (unpaired) electrons. The number of nitrogens with zero attached hydrogens (tertiary/aromatic N) is 1. The monoisotopic (exact) mass is 293 g/mol. The Labute approximate surface area is 123 Å². The third kappa shape index (κ3) is 6.29. The molecule has 0 aliphatic carbocycles. The molecule has 0 fully saturated rings. The summed E-state index contributed by atoms with van der Waals surface area (Å²) < 4.78 is 5.09. The van der Waals surface area contributed by atoms with E-state index in [2.05, 4.69) is 0 Å². The molecule has 0 aliphatic rings. The van der Waals surface area contributed by atoms with Crippen LogP contribution in [0.1, 0.15) is 36.5 Å². The van der Waals surface area contributed by atoms with E-state index < -0.39 is 11.2 Å². The van der Waals surface area contributed by atoms with Crippen molar-refractivity contribution in [1.82, 2.24) is 0 Å². The second-order valence-electron chi connectivity index (χ2n) is 4.47. The van der Waals surface area contributed by atoms with E-state index in [1.807, 2.05) is 6.92 Å². The van der Waals surface area contributed by atoms with Gasteiger partial charge in [0.2, 0.25) is 0 Å². The van der Waals surface area contributed by atoms with E-state index >= 15 is 0 Å². The summed E-state index contributed by atoms with van der Waals surface area (Å²) in [4.78, 5) is 21.8. The summed E-state index contributed by atoms with van der Waals surface area (Å²) in [6.45, 7) is 2.49. The lowest BCUT2D eigenvalue weighted by molar-refractivity contribution is -0.384. The van der Waals surface area contributed by atoms with Gasteiger partial charge in [-0.15, -0.1) is 0 Å². The maximum atomic E-state index is 11.8. The Bertz CT molecular complexity index is 495. The van der Waals surface area contributed by atoms with Gasteiger partial charge in [-0.3, -0.25) is 14.9 Å². The molecule has 21 heavy (non-hydrogen) atoms. The number of nitro benzene ring substituents is 1. The highest BCUT2D eigenvalue weighted by molar-refractivity contribution is 5.97. The molecule has 0 bridgehead atoms. The van der Waals surface area contributed by atoms with Gasteiger partial charge in [-0.05, 0) is 24.6 Å². The lowest BCUT2D eigenvalue weighted by Crippen LogP contribution is -2.09. The van der Waals surface area contributed by atoms with Crippen LogP contribution < -0.4 is 0 Å². The topological polar surface area (TPSA) is 89.7 Å². The average molecular weight is 293 g/mol. The van der Waals surface area contributed by atoms with E-state index in [1.165, 1.54) is 36.4 Å². The number of benzene rings is 1. The fourth-order valence-corrected chi connectivity index (χ4v) is 1.58. The molecule has 114 valence electrons. The first kappa shape index (κ1) is 17.0. The number of ketones is 1. The average Bonchev–Trinajstić information content (AvgIpc) is 2.47. The molecule has 0 aliphatic heterocycles. The fraction of sp³-hybridized carbons (Fsp3) is 0.400. The van der Waals surface area contributed by atoms with Gasteiger partial charge in [-0.25, -0.2) is 0 Å². The van der Waals surface area contributed by atoms with Crippen LogP contribution in [0.25, 0.3) is 0 Å². The Morgan fingerprint density at radius 1 is 1.43 bits per heavy atom. The molecular weight excluding hydrogens is 274 g/mol. The second-order valence-corrected chi connectivity index (χ2v) is 4.47. The minimum absolute atomic E-state index is 0.0539. The van der Waals surface area contributed by atoms with Crippen molar-refractivity contribution in [3.8, 4) is 0 Å². The molecule has 0 aromatic heterocycles. The number of Topliss-reactive ketones (excluding diaryl/α,β-unsaturated/α-hetero) is 1. The first-order valence-corrected chi connectivity index (χ1v) is 6.78. The van der Waals surface area contributed by atoms with E-state index in [0.29, 0.717) is 12.2 Å². The molecule has 0 spiro atoms. The largest absolute Gasteiger partial charge is 0.365 e. The van der Waals surface area contributed by atoms with Gasteiger partial charge < -0.3 is 9.84 Å². The van der Waals surface area contributed by atoms with E-state index in [0.717, 1.165) is 12.8 Å². The summed E-state index contributed by atoms with van der Waals surface area (Å²) in [5, 5.41) is 20.0. The molecule has 0 amide bonds. The summed E-state index contributed by atoms with van der Waals surface area (Å²) in [5.74, 6) is -0.179. The van der Waals surface area contributed by atoms with Gasteiger partial charge in [0.05, 0.1) is 11.5 Å². The SMILES string of the molecule is CCCCOC(O)C=CCC(=O)c1ccc([N+](=O)[O-])cc1. The first-order chi connectivity index (χ1) is 10.0. The van der Waals surface area contributed by atoms with Crippen molar-refractivity contribution in [2.45, 2.75) is 32.5 Å². The zero-order chi connectivity index (χ0) is 15.7. The summed E-state index contributed by atoms with van der Waals surface area (Å²) in [6.07, 6.45) is 3.88. The Morgan fingerprint density at radius 2 is 2.10 bits per heavy atom. The number of aliphatic hydroxyl groups is 1. The van der Waals surface area contributed by atoms with Crippen LogP contribution in [0.4, 0.5) is 5.69 Å². The third-order valence-corrected chi connectivity index (χ3v) is 2.79. The first-order valence-electron chi connectivity index (χ1n) is 6.78. The molecule has 6 heteroatoms. The predicted molar refractivity (Wildman–Crippen MR) is 78.1 cm³/mol. The Hall–Kier alpha value is -2.05. The molecule has 1 unspecified atom stereocenters. The van der Waals surface area contributed by atoms with Gasteiger partial charge in [0, 0.05) is 24.1 Å². The quantitative estimate of drug-likeness (QED) is 0.189.